The number of rotatable bonds is 7. The molecule has 0 bridgehead atoms. The van der Waals surface area contributed by atoms with Gasteiger partial charge < -0.3 is 9.67 Å². The van der Waals surface area contributed by atoms with Gasteiger partial charge in [0.25, 0.3) is 5.56 Å². The zero-order valence-corrected chi connectivity index (χ0v) is 16.5. The van der Waals surface area contributed by atoms with Gasteiger partial charge in [-0.05, 0) is 87.4 Å². The Hall–Kier alpha value is -2.40. The van der Waals surface area contributed by atoms with E-state index in [0.29, 0.717) is 18.0 Å². The molecule has 1 aromatic heterocycles. The molecular formula is C23H28N2O3. The number of likely N-dealkylation sites (tertiary alicyclic amines) is 1. The lowest BCUT2D eigenvalue weighted by Crippen LogP contribution is -2.31. The van der Waals surface area contributed by atoms with Gasteiger partial charge in [0, 0.05) is 24.3 Å². The lowest BCUT2D eigenvalue weighted by molar-refractivity contribution is 0.0697. The van der Waals surface area contributed by atoms with Crippen LogP contribution in [-0.2, 0) is 19.5 Å². The predicted octanol–water partition coefficient (Wildman–Crippen LogP) is 3.57. The fraction of sp³-hybridized carbons (Fsp3) is 0.478. The van der Waals surface area contributed by atoms with E-state index in [1.54, 1.807) is 12.1 Å². The normalized spacial score (nSPS) is 17.2. The number of hydrogen-bond acceptors (Lipinski definition) is 3. The van der Waals surface area contributed by atoms with E-state index in [0.717, 1.165) is 37.2 Å². The first-order chi connectivity index (χ1) is 13.5. The molecule has 148 valence electrons. The SMILES string of the molecule is Cc1cc(C2CC2)c(CN2CCCC2)n(CCc2ccc(C(=O)O)cc2)c1=O. The monoisotopic (exact) mass is 380 g/mol. The van der Waals surface area contributed by atoms with Crippen molar-refractivity contribution < 1.29 is 9.90 Å². The second-order valence-electron chi connectivity index (χ2n) is 8.20. The van der Waals surface area contributed by atoms with Crippen LogP contribution >= 0.6 is 0 Å². The highest BCUT2D eigenvalue weighted by Gasteiger charge is 2.29. The smallest absolute Gasteiger partial charge is 0.335 e. The topological polar surface area (TPSA) is 62.5 Å². The van der Waals surface area contributed by atoms with Gasteiger partial charge in [-0.15, -0.1) is 0 Å². The molecule has 0 radical (unpaired) electrons. The van der Waals surface area contributed by atoms with Gasteiger partial charge in [0.1, 0.15) is 0 Å². The highest BCUT2D eigenvalue weighted by atomic mass is 16.4. The minimum atomic E-state index is -0.913. The molecule has 1 saturated carbocycles. The highest BCUT2D eigenvalue weighted by Crippen LogP contribution is 2.42. The number of benzene rings is 1. The molecular weight excluding hydrogens is 352 g/mol. The van der Waals surface area contributed by atoms with Crippen molar-refractivity contribution in [1.29, 1.82) is 0 Å². The van der Waals surface area contributed by atoms with Gasteiger partial charge in [0.05, 0.1) is 5.56 Å². The van der Waals surface area contributed by atoms with E-state index in [2.05, 4.69) is 11.0 Å². The maximum absolute atomic E-state index is 13.0. The van der Waals surface area contributed by atoms with Crippen molar-refractivity contribution in [3.05, 3.63) is 68.6 Å². The van der Waals surface area contributed by atoms with Crippen LogP contribution in [-0.4, -0.2) is 33.6 Å². The van der Waals surface area contributed by atoms with Gasteiger partial charge in [-0.2, -0.15) is 0 Å². The molecule has 1 saturated heterocycles. The molecule has 5 heteroatoms. The summed E-state index contributed by atoms with van der Waals surface area (Å²) in [6.45, 7) is 5.65. The number of aromatic nitrogens is 1. The van der Waals surface area contributed by atoms with Crippen LogP contribution in [0.3, 0.4) is 0 Å². The first-order valence-electron chi connectivity index (χ1n) is 10.3. The van der Waals surface area contributed by atoms with Crippen molar-refractivity contribution in [3.63, 3.8) is 0 Å². The predicted molar refractivity (Wildman–Crippen MR) is 109 cm³/mol. The maximum atomic E-state index is 13.0. The average molecular weight is 380 g/mol. The molecule has 28 heavy (non-hydrogen) atoms. The van der Waals surface area contributed by atoms with E-state index in [4.69, 9.17) is 5.11 Å². The molecule has 0 amide bonds. The van der Waals surface area contributed by atoms with Crippen LogP contribution in [0, 0.1) is 6.92 Å². The van der Waals surface area contributed by atoms with Gasteiger partial charge in [-0.25, -0.2) is 4.79 Å². The maximum Gasteiger partial charge on any atom is 0.335 e. The molecule has 0 atom stereocenters. The fourth-order valence-electron chi connectivity index (χ4n) is 4.24. The van der Waals surface area contributed by atoms with Gasteiger partial charge in [0.2, 0.25) is 0 Å². The minimum Gasteiger partial charge on any atom is -0.478 e. The van der Waals surface area contributed by atoms with Crippen LogP contribution in [0.5, 0.6) is 0 Å². The molecule has 1 aliphatic carbocycles. The van der Waals surface area contributed by atoms with Crippen molar-refractivity contribution in [2.45, 2.75) is 58.0 Å². The average Bonchev–Trinajstić information content (AvgIpc) is 3.40. The number of aryl methyl sites for hydroxylation is 2. The standard InChI is InChI=1S/C23H28N2O3/c1-16-14-20(18-8-9-18)21(15-24-11-2-3-12-24)25(22(16)26)13-10-17-4-6-19(7-5-17)23(27)28/h4-7,14,18H,2-3,8-13,15H2,1H3,(H,27,28). The van der Waals surface area contributed by atoms with Gasteiger partial charge >= 0.3 is 5.97 Å². The number of pyridine rings is 1. The zero-order valence-electron chi connectivity index (χ0n) is 16.5. The Bertz CT molecular complexity index is 920. The number of carboxylic acids is 1. The molecule has 0 unspecified atom stereocenters. The first kappa shape index (κ1) is 18.9. The van der Waals surface area contributed by atoms with E-state index in [1.165, 1.54) is 36.9 Å². The van der Waals surface area contributed by atoms with E-state index >= 15 is 0 Å². The Morgan fingerprint density at radius 1 is 1.14 bits per heavy atom. The number of aromatic carboxylic acids is 1. The third-order valence-corrected chi connectivity index (χ3v) is 6.03. The van der Waals surface area contributed by atoms with Crippen LogP contribution in [0.25, 0.3) is 0 Å². The van der Waals surface area contributed by atoms with Gasteiger partial charge in [-0.1, -0.05) is 12.1 Å². The summed E-state index contributed by atoms with van der Waals surface area (Å²) in [5.41, 5.74) is 4.85. The van der Waals surface area contributed by atoms with Crippen molar-refractivity contribution in [3.8, 4) is 0 Å². The Balaban J connectivity index is 1.62. The molecule has 0 spiro atoms. The summed E-state index contributed by atoms with van der Waals surface area (Å²) in [4.78, 5) is 26.5. The number of hydrogen-bond donors (Lipinski definition) is 1. The third-order valence-electron chi connectivity index (χ3n) is 6.03. The van der Waals surface area contributed by atoms with Gasteiger partial charge in [-0.3, -0.25) is 9.69 Å². The summed E-state index contributed by atoms with van der Waals surface area (Å²) in [5.74, 6) is -0.304. The van der Waals surface area contributed by atoms with Gasteiger partial charge in [0.15, 0.2) is 0 Å². The van der Waals surface area contributed by atoms with E-state index in [-0.39, 0.29) is 5.56 Å². The molecule has 1 N–H and O–H groups in total. The van der Waals surface area contributed by atoms with Crippen LogP contribution in [0.15, 0.2) is 35.1 Å². The Morgan fingerprint density at radius 3 is 2.43 bits per heavy atom. The second kappa shape index (κ2) is 7.92. The van der Waals surface area contributed by atoms with Crippen LogP contribution in [0.1, 0.15) is 64.3 Å². The summed E-state index contributed by atoms with van der Waals surface area (Å²) < 4.78 is 1.99. The van der Waals surface area contributed by atoms with Crippen molar-refractivity contribution >= 4 is 5.97 Å². The molecule has 2 heterocycles. The number of carboxylic acid groups (broad SMARTS) is 1. The Kier molecular flexibility index (Phi) is 5.36. The Labute approximate surface area is 165 Å². The zero-order chi connectivity index (χ0) is 19.7. The molecule has 2 aliphatic rings. The summed E-state index contributed by atoms with van der Waals surface area (Å²) in [7, 11) is 0. The third kappa shape index (κ3) is 4.04. The highest BCUT2D eigenvalue weighted by molar-refractivity contribution is 5.87. The van der Waals surface area contributed by atoms with Crippen molar-refractivity contribution in [1.82, 2.24) is 9.47 Å². The number of carbonyl (C=O) groups is 1. The quantitative estimate of drug-likeness (QED) is 0.798. The Morgan fingerprint density at radius 2 is 1.82 bits per heavy atom. The molecule has 1 aliphatic heterocycles. The molecule has 4 rings (SSSR count). The summed E-state index contributed by atoms with van der Waals surface area (Å²) in [6.07, 6.45) is 5.65. The van der Waals surface area contributed by atoms with E-state index in [9.17, 15) is 9.59 Å². The molecule has 2 fully saturated rings. The fourth-order valence-corrected chi connectivity index (χ4v) is 4.24. The minimum absolute atomic E-state index is 0.112. The largest absolute Gasteiger partial charge is 0.478 e. The van der Waals surface area contributed by atoms with Crippen LogP contribution in [0.2, 0.25) is 0 Å². The molecule has 1 aromatic carbocycles. The first-order valence-corrected chi connectivity index (χ1v) is 10.3. The lowest BCUT2D eigenvalue weighted by atomic mass is 10.0. The van der Waals surface area contributed by atoms with Crippen LogP contribution in [0.4, 0.5) is 0 Å². The number of nitrogens with zero attached hydrogens (tertiary/aromatic N) is 2. The second-order valence-corrected chi connectivity index (χ2v) is 8.20. The molecule has 2 aromatic rings. The van der Waals surface area contributed by atoms with Crippen LogP contribution < -0.4 is 5.56 Å². The molecule has 5 nitrogen and oxygen atoms in total. The summed E-state index contributed by atoms with van der Waals surface area (Å²) in [5, 5.41) is 9.06. The van der Waals surface area contributed by atoms with Crippen molar-refractivity contribution in [2.24, 2.45) is 0 Å². The van der Waals surface area contributed by atoms with Crippen molar-refractivity contribution in [2.75, 3.05) is 13.1 Å². The lowest BCUT2D eigenvalue weighted by Gasteiger charge is -2.23. The van der Waals surface area contributed by atoms with E-state index < -0.39 is 5.97 Å². The summed E-state index contributed by atoms with van der Waals surface area (Å²) in [6, 6.07) is 9.11. The van der Waals surface area contributed by atoms with E-state index in [1.807, 2.05) is 23.6 Å². The summed E-state index contributed by atoms with van der Waals surface area (Å²) >= 11 is 0.